The molecule has 1 aliphatic carbocycles. The van der Waals surface area contributed by atoms with Gasteiger partial charge in [-0.2, -0.15) is 0 Å². The lowest BCUT2D eigenvalue weighted by atomic mass is 9.91. The Morgan fingerprint density at radius 3 is 2.33 bits per heavy atom. The first-order chi connectivity index (χ1) is 9.71. The smallest absolute Gasteiger partial charge is 0.236 e. The highest BCUT2D eigenvalue weighted by atomic mass is 28.4. The summed E-state index contributed by atoms with van der Waals surface area (Å²) in [6.45, 7) is 13.9. The van der Waals surface area contributed by atoms with Crippen molar-refractivity contribution in [2.45, 2.75) is 76.7 Å². The third-order valence-corrected chi connectivity index (χ3v) is 10.0. The average molecular weight is 313 g/mol. The van der Waals surface area contributed by atoms with Crippen molar-refractivity contribution in [3.8, 4) is 0 Å². The molecule has 21 heavy (non-hydrogen) atoms. The standard InChI is InChI=1S/C16H32N2O2Si/c1-16(2,3)21(4,5)20-14-8-6-13(7-9-14)18-11-10-17-12-15(18)19/h13-14,17H,6-12H2,1-5H3. The van der Waals surface area contributed by atoms with Gasteiger partial charge in [0.05, 0.1) is 6.54 Å². The summed E-state index contributed by atoms with van der Waals surface area (Å²) in [5.74, 6) is 0.273. The Kier molecular flexibility index (Phi) is 5.16. The average Bonchev–Trinajstić information content (AvgIpc) is 2.39. The summed E-state index contributed by atoms with van der Waals surface area (Å²) in [6.07, 6.45) is 4.82. The normalized spacial score (nSPS) is 28.8. The Hall–Kier alpha value is -0.393. The van der Waals surface area contributed by atoms with E-state index in [9.17, 15) is 4.79 Å². The molecule has 1 N–H and O–H groups in total. The van der Waals surface area contributed by atoms with Crippen molar-refractivity contribution in [1.82, 2.24) is 10.2 Å². The van der Waals surface area contributed by atoms with Crippen LogP contribution in [0.1, 0.15) is 46.5 Å². The van der Waals surface area contributed by atoms with Gasteiger partial charge < -0.3 is 14.6 Å². The number of carbonyl (C=O) groups is 1. The first-order valence-electron chi connectivity index (χ1n) is 8.39. The molecule has 4 nitrogen and oxygen atoms in total. The monoisotopic (exact) mass is 312 g/mol. The van der Waals surface area contributed by atoms with Crippen LogP contribution >= 0.6 is 0 Å². The first-order valence-corrected chi connectivity index (χ1v) is 11.3. The highest BCUT2D eigenvalue weighted by molar-refractivity contribution is 6.74. The molecule has 1 saturated heterocycles. The first kappa shape index (κ1) is 17.0. The maximum Gasteiger partial charge on any atom is 0.236 e. The number of amides is 1. The van der Waals surface area contributed by atoms with Gasteiger partial charge in [-0.3, -0.25) is 4.79 Å². The minimum Gasteiger partial charge on any atom is -0.414 e. The van der Waals surface area contributed by atoms with Crippen LogP contribution in [-0.2, 0) is 9.22 Å². The summed E-state index contributed by atoms with van der Waals surface area (Å²) >= 11 is 0. The van der Waals surface area contributed by atoms with Crippen LogP contribution in [0.4, 0.5) is 0 Å². The Morgan fingerprint density at radius 1 is 1.19 bits per heavy atom. The van der Waals surface area contributed by atoms with Crippen LogP contribution in [0, 0.1) is 0 Å². The second-order valence-corrected chi connectivity index (χ2v) is 12.8. The van der Waals surface area contributed by atoms with Crippen molar-refractivity contribution < 1.29 is 9.22 Å². The summed E-state index contributed by atoms with van der Waals surface area (Å²) in [5, 5.41) is 3.43. The molecular weight excluding hydrogens is 280 g/mol. The second kappa shape index (κ2) is 6.38. The van der Waals surface area contributed by atoms with Crippen LogP contribution in [0.5, 0.6) is 0 Å². The zero-order valence-corrected chi connectivity index (χ0v) is 15.4. The lowest BCUT2D eigenvalue weighted by Gasteiger charge is -2.43. The predicted octanol–water partition coefficient (Wildman–Crippen LogP) is 2.75. The molecule has 1 saturated carbocycles. The Labute approximate surface area is 130 Å². The molecule has 0 bridgehead atoms. The Bertz CT molecular complexity index is 371. The van der Waals surface area contributed by atoms with Crippen molar-refractivity contribution in [3.63, 3.8) is 0 Å². The van der Waals surface area contributed by atoms with Gasteiger partial charge in [0.25, 0.3) is 0 Å². The van der Waals surface area contributed by atoms with Crippen LogP contribution in [-0.4, -0.2) is 50.9 Å². The maximum absolute atomic E-state index is 12.0. The predicted molar refractivity (Wildman–Crippen MR) is 88.9 cm³/mol. The van der Waals surface area contributed by atoms with E-state index in [2.05, 4.69) is 44.1 Å². The molecule has 0 aromatic heterocycles. The molecule has 1 aliphatic heterocycles. The molecule has 2 rings (SSSR count). The molecule has 2 fully saturated rings. The van der Waals surface area contributed by atoms with Crippen molar-refractivity contribution in [3.05, 3.63) is 0 Å². The van der Waals surface area contributed by atoms with Crippen LogP contribution < -0.4 is 5.32 Å². The van der Waals surface area contributed by atoms with Crippen molar-refractivity contribution in [2.24, 2.45) is 0 Å². The van der Waals surface area contributed by atoms with Crippen molar-refractivity contribution >= 4 is 14.2 Å². The van der Waals surface area contributed by atoms with Crippen molar-refractivity contribution in [2.75, 3.05) is 19.6 Å². The minimum atomic E-state index is -1.66. The van der Waals surface area contributed by atoms with Crippen LogP contribution in [0.3, 0.4) is 0 Å². The van der Waals surface area contributed by atoms with Gasteiger partial charge in [-0.1, -0.05) is 20.8 Å². The fraction of sp³-hybridized carbons (Fsp3) is 0.938. The molecule has 0 unspecified atom stereocenters. The van der Waals surface area contributed by atoms with Gasteiger partial charge in [-0.05, 0) is 43.8 Å². The van der Waals surface area contributed by atoms with Crippen LogP contribution in [0.15, 0.2) is 0 Å². The van der Waals surface area contributed by atoms with E-state index in [0.717, 1.165) is 38.8 Å². The van der Waals surface area contributed by atoms with E-state index in [1.165, 1.54) is 0 Å². The number of hydrogen-bond acceptors (Lipinski definition) is 3. The zero-order valence-electron chi connectivity index (χ0n) is 14.4. The molecule has 1 heterocycles. The Balaban J connectivity index is 1.84. The topological polar surface area (TPSA) is 41.6 Å². The zero-order chi connectivity index (χ0) is 15.7. The quantitative estimate of drug-likeness (QED) is 0.815. The summed E-state index contributed by atoms with van der Waals surface area (Å²) in [7, 11) is -1.66. The number of piperazine rings is 1. The number of nitrogens with zero attached hydrogens (tertiary/aromatic N) is 1. The van der Waals surface area contributed by atoms with E-state index in [-0.39, 0.29) is 10.9 Å². The van der Waals surface area contributed by atoms with Crippen LogP contribution in [0.2, 0.25) is 18.1 Å². The van der Waals surface area contributed by atoms with Crippen molar-refractivity contribution in [1.29, 1.82) is 0 Å². The van der Waals surface area contributed by atoms with Gasteiger partial charge >= 0.3 is 0 Å². The molecule has 0 atom stereocenters. The third-order valence-electron chi connectivity index (χ3n) is 5.48. The number of nitrogens with one attached hydrogen (secondary N) is 1. The minimum absolute atomic E-state index is 0.273. The molecule has 122 valence electrons. The van der Waals surface area contributed by atoms with Gasteiger partial charge in [0.1, 0.15) is 0 Å². The maximum atomic E-state index is 12.0. The van der Waals surface area contributed by atoms with E-state index in [1.807, 2.05) is 0 Å². The third kappa shape index (κ3) is 4.08. The van der Waals surface area contributed by atoms with E-state index in [1.54, 1.807) is 0 Å². The van der Waals surface area contributed by atoms with E-state index < -0.39 is 8.32 Å². The molecule has 0 aromatic carbocycles. The summed E-state index contributed by atoms with van der Waals surface area (Å²) in [5.41, 5.74) is 0. The lowest BCUT2D eigenvalue weighted by Crippen LogP contribution is -2.54. The number of carbonyl (C=O) groups excluding carboxylic acids is 1. The highest BCUT2D eigenvalue weighted by Crippen LogP contribution is 2.39. The molecule has 0 spiro atoms. The summed E-state index contributed by atoms with van der Waals surface area (Å²) in [6, 6.07) is 0.443. The summed E-state index contributed by atoms with van der Waals surface area (Å²) in [4.78, 5) is 14.1. The summed E-state index contributed by atoms with van der Waals surface area (Å²) < 4.78 is 6.53. The van der Waals surface area contributed by atoms with Gasteiger partial charge in [-0.25, -0.2) is 0 Å². The largest absolute Gasteiger partial charge is 0.414 e. The SMILES string of the molecule is CC(C)(C)[Si](C)(C)OC1CCC(N2CCNCC2=O)CC1. The van der Waals surface area contributed by atoms with Gasteiger partial charge in [0.15, 0.2) is 8.32 Å². The molecule has 0 aromatic rings. The fourth-order valence-corrected chi connectivity index (χ4v) is 4.50. The van der Waals surface area contributed by atoms with Gasteiger partial charge in [0.2, 0.25) is 5.91 Å². The molecule has 2 aliphatic rings. The molecule has 0 radical (unpaired) electrons. The van der Waals surface area contributed by atoms with E-state index in [0.29, 0.717) is 18.7 Å². The number of hydrogen-bond donors (Lipinski definition) is 1. The highest BCUT2D eigenvalue weighted by Gasteiger charge is 2.40. The molecular formula is C16H32N2O2Si. The van der Waals surface area contributed by atoms with E-state index in [4.69, 9.17) is 4.43 Å². The second-order valence-electron chi connectivity index (χ2n) is 8.07. The number of rotatable bonds is 3. The van der Waals surface area contributed by atoms with Gasteiger partial charge in [-0.15, -0.1) is 0 Å². The van der Waals surface area contributed by atoms with Gasteiger partial charge in [0, 0.05) is 25.2 Å². The lowest BCUT2D eigenvalue weighted by molar-refractivity contribution is -0.135. The molecule has 5 heteroatoms. The van der Waals surface area contributed by atoms with Crippen LogP contribution in [0.25, 0.3) is 0 Å². The molecule has 1 amide bonds. The fourth-order valence-electron chi connectivity index (χ4n) is 3.08. The Morgan fingerprint density at radius 2 is 1.81 bits per heavy atom. The van der Waals surface area contributed by atoms with E-state index >= 15 is 0 Å².